The Balaban J connectivity index is 2.03. The standard InChI is InChI=1S/C12H14Cl2FN3O3/c1-5-8(13)9(17-10(5)14)11(19)16-7-2-3-18(12(20)21)4-6(7)15/h6-7,17H,2-4H2,1H3,(H,16,19)(H,20,21)/t6-,7+/m0/s1. The first-order valence-corrected chi connectivity index (χ1v) is 7.03. The molecule has 1 saturated heterocycles. The first-order valence-electron chi connectivity index (χ1n) is 6.27. The number of rotatable bonds is 2. The van der Waals surface area contributed by atoms with Gasteiger partial charge in [0.05, 0.1) is 17.6 Å². The first-order chi connectivity index (χ1) is 9.81. The van der Waals surface area contributed by atoms with E-state index in [0.29, 0.717) is 5.56 Å². The van der Waals surface area contributed by atoms with Gasteiger partial charge in [-0.05, 0) is 13.3 Å². The molecular formula is C12H14Cl2FN3O3. The lowest BCUT2D eigenvalue weighted by Crippen LogP contribution is -2.53. The molecule has 0 bridgehead atoms. The number of hydrogen-bond donors (Lipinski definition) is 3. The predicted octanol–water partition coefficient (Wildman–Crippen LogP) is 2.45. The van der Waals surface area contributed by atoms with Crippen molar-refractivity contribution in [3.8, 4) is 0 Å². The summed E-state index contributed by atoms with van der Waals surface area (Å²) in [5.41, 5.74) is 0.619. The summed E-state index contributed by atoms with van der Waals surface area (Å²) in [6, 6.07) is -0.758. The van der Waals surface area contributed by atoms with E-state index >= 15 is 0 Å². The van der Waals surface area contributed by atoms with Crippen molar-refractivity contribution >= 4 is 35.2 Å². The van der Waals surface area contributed by atoms with Crippen molar-refractivity contribution in [1.29, 1.82) is 0 Å². The van der Waals surface area contributed by atoms with Gasteiger partial charge in [0.1, 0.15) is 17.0 Å². The van der Waals surface area contributed by atoms with Crippen LogP contribution in [-0.4, -0.2) is 52.3 Å². The molecule has 2 atom stereocenters. The maximum atomic E-state index is 13.9. The minimum Gasteiger partial charge on any atom is -0.465 e. The van der Waals surface area contributed by atoms with Crippen LogP contribution in [0.1, 0.15) is 22.5 Å². The van der Waals surface area contributed by atoms with Crippen molar-refractivity contribution in [1.82, 2.24) is 15.2 Å². The van der Waals surface area contributed by atoms with Crippen LogP contribution < -0.4 is 5.32 Å². The summed E-state index contributed by atoms with van der Waals surface area (Å²) in [6.45, 7) is 1.55. The number of piperidine rings is 1. The molecule has 1 aliphatic rings. The molecule has 1 aromatic heterocycles. The molecule has 1 aliphatic heterocycles. The Kier molecular flexibility index (Phi) is 4.63. The van der Waals surface area contributed by atoms with Crippen LogP contribution in [-0.2, 0) is 0 Å². The van der Waals surface area contributed by atoms with E-state index in [-0.39, 0.29) is 35.4 Å². The number of amides is 2. The van der Waals surface area contributed by atoms with Crippen LogP contribution in [0.2, 0.25) is 10.2 Å². The smallest absolute Gasteiger partial charge is 0.407 e. The maximum absolute atomic E-state index is 13.9. The summed E-state index contributed by atoms with van der Waals surface area (Å²) in [6.07, 6.45) is -2.44. The van der Waals surface area contributed by atoms with E-state index in [1.165, 1.54) is 0 Å². The van der Waals surface area contributed by atoms with E-state index in [1.807, 2.05) is 0 Å². The van der Waals surface area contributed by atoms with Gasteiger partial charge >= 0.3 is 6.09 Å². The number of aromatic amines is 1. The van der Waals surface area contributed by atoms with Crippen LogP contribution >= 0.6 is 23.2 Å². The van der Waals surface area contributed by atoms with Gasteiger partial charge in [-0.15, -0.1) is 0 Å². The molecule has 0 saturated carbocycles. The number of carbonyl (C=O) groups is 2. The Morgan fingerprint density at radius 1 is 1.48 bits per heavy atom. The molecule has 0 radical (unpaired) electrons. The Morgan fingerprint density at radius 2 is 2.14 bits per heavy atom. The normalized spacial score (nSPS) is 22.2. The van der Waals surface area contributed by atoms with E-state index < -0.39 is 24.2 Å². The molecule has 2 heterocycles. The maximum Gasteiger partial charge on any atom is 0.407 e. The van der Waals surface area contributed by atoms with Crippen molar-refractivity contribution in [2.75, 3.05) is 13.1 Å². The highest BCUT2D eigenvalue weighted by Crippen LogP contribution is 2.27. The highest BCUT2D eigenvalue weighted by atomic mass is 35.5. The van der Waals surface area contributed by atoms with Gasteiger partial charge in [-0.25, -0.2) is 9.18 Å². The topological polar surface area (TPSA) is 85.4 Å². The number of nitrogens with zero attached hydrogens (tertiary/aromatic N) is 1. The molecule has 9 heteroatoms. The molecule has 0 aromatic carbocycles. The molecule has 21 heavy (non-hydrogen) atoms. The SMILES string of the molecule is Cc1c(Cl)[nH]c(C(=O)N[C@@H]2CCN(C(=O)O)C[C@@H]2F)c1Cl. The van der Waals surface area contributed by atoms with E-state index in [0.717, 1.165) is 4.90 Å². The van der Waals surface area contributed by atoms with Gasteiger partial charge in [0.15, 0.2) is 0 Å². The van der Waals surface area contributed by atoms with Gasteiger partial charge in [0, 0.05) is 12.1 Å². The Hall–Kier alpha value is -1.47. The number of aromatic nitrogens is 1. The number of carboxylic acid groups (broad SMARTS) is 1. The summed E-state index contributed by atoms with van der Waals surface area (Å²) in [5, 5.41) is 11.8. The number of alkyl halides is 1. The average Bonchev–Trinajstić information content (AvgIpc) is 2.68. The number of likely N-dealkylation sites (tertiary alicyclic amines) is 1. The average molecular weight is 338 g/mol. The van der Waals surface area contributed by atoms with Gasteiger partial charge in [-0.2, -0.15) is 0 Å². The zero-order chi connectivity index (χ0) is 15.7. The highest BCUT2D eigenvalue weighted by Gasteiger charge is 2.33. The summed E-state index contributed by atoms with van der Waals surface area (Å²) >= 11 is 11.8. The third-order valence-electron chi connectivity index (χ3n) is 3.47. The Bertz CT molecular complexity index is 578. The molecule has 116 valence electrons. The van der Waals surface area contributed by atoms with Crippen molar-refractivity contribution in [2.24, 2.45) is 0 Å². The fraction of sp³-hybridized carbons (Fsp3) is 0.500. The van der Waals surface area contributed by atoms with Crippen LogP contribution in [0, 0.1) is 6.92 Å². The number of carbonyl (C=O) groups excluding carboxylic acids is 1. The van der Waals surface area contributed by atoms with Crippen LogP contribution in [0.4, 0.5) is 9.18 Å². The quantitative estimate of drug-likeness (QED) is 0.774. The molecule has 1 aromatic rings. The second-order valence-corrected chi connectivity index (χ2v) is 5.62. The van der Waals surface area contributed by atoms with Crippen molar-refractivity contribution in [3.05, 3.63) is 21.4 Å². The molecule has 2 amide bonds. The van der Waals surface area contributed by atoms with E-state index in [2.05, 4.69) is 10.3 Å². The molecular weight excluding hydrogens is 324 g/mol. The largest absolute Gasteiger partial charge is 0.465 e. The summed E-state index contributed by atoms with van der Waals surface area (Å²) in [7, 11) is 0. The van der Waals surface area contributed by atoms with E-state index in [4.69, 9.17) is 28.3 Å². The fourth-order valence-corrected chi connectivity index (χ4v) is 2.65. The van der Waals surface area contributed by atoms with Gasteiger partial charge < -0.3 is 20.3 Å². The molecule has 1 fully saturated rings. The van der Waals surface area contributed by atoms with Crippen molar-refractivity contribution in [3.63, 3.8) is 0 Å². The fourth-order valence-electron chi connectivity index (χ4n) is 2.18. The summed E-state index contributed by atoms with van der Waals surface area (Å²) in [4.78, 5) is 26.5. The van der Waals surface area contributed by atoms with Gasteiger partial charge in [0.2, 0.25) is 0 Å². The lowest BCUT2D eigenvalue weighted by atomic mass is 10.0. The summed E-state index contributed by atoms with van der Waals surface area (Å²) in [5.74, 6) is -0.563. The van der Waals surface area contributed by atoms with Gasteiger partial charge in [-0.3, -0.25) is 4.79 Å². The lowest BCUT2D eigenvalue weighted by Gasteiger charge is -2.33. The molecule has 3 N–H and O–H groups in total. The number of hydrogen-bond acceptors (Lipinski definition) is 2. The van der Waals surface area contributed by atoms with Gasteiger partial charge in [-0.1, -0.05) is 23.2 Å². The van der Waals surface area contributed by atoms with Crippen LogP contribution in [0.25, 0.3) is 0 Å². The predicted molar refractivity (Wildman–Crippen MR) is 75.9 cm³/mol. The lowest BCUT2D eigenvalue weighted by molar-refractivity contribution is 0.0750. The van der Waals surface area contributed by atoms with Crippen LogP contribution in [0.15, 0.2) is 0 Å². The van der Waals surface area contributed by atoms with E-state index in [9.17, 15) is 14.0 Å². The number of halogens is 3. The third-order valence-corrected chi connectivity index (χ3v) is 4.32. The van der Waals surface area contributed by atoms with Crippen molar-refractivity contribution < 1.29 is 19.1 Å². The second kappa shape index (κ2) is 6.11. The number of nitrogens with one attached hydrogen (secondary N) is 2. The molecule has 2 rings (SSSR count). The second-order valence-electron chi connectivity index (χ2n) is 4.87. The molecule has 0 unspecified atom stereocenters. The number of H-pyrrole nitrogens is 1. The zero-order valence-corrected chi connectivity index (χ0v) is 12.6. The first kappa shape index (κ1) is 15.9. The van der Waals surface area contributed by atoms with Gasteiger partial charge in [0.25, 0.3) is 5.91 Å². The Morgan fingerprint density at radius 3 is 2.62 bits per heavy atom. The van der Waals surface area contributed by atoms with E-state index in [1.54, 1.807) is 6.92 Å². The van der Waals surface area contributed by atoms with Crippen LogP contribution in [0.3, 0.4) is 0 Å². The van der Waals surface area contributed by atoms with Crippen molar-refractivity contribution in [2.45, 2.75) is 25.6 Å². The minimum atomic E-state index is -1.47. The zero-order valence-electron chi connectivity index (χ0n) is 11.1. The van der Waals surface area contributed by atoms with Crippen LogP contribution in [0.5, 0.6) is 0 Å². The monoisotopic (exact) mass is 337 g/mol. The third kappa shape index (κ3) is 3.24. The molecule has 0 aliphatic carbocycles. The Labute approximate surface area is 130 Å². The highest BCUT2D eigenvalue weighted by molar-refractivity contribution is 6.38. The summed E-state index contributed by atoms with van der Waals surface area (Å²) < 4.78 is 13.9. The molecule has 0 spiro atoms. The minimum absolute atomic E-state index is 0.0760. The molecule has 6 nitrogen and oxygen atoms in total.